The molecule has 3 aromatic carbocycles. The number of nitrogens with zero attached hydrogens (tertiary/aromatic N) is 1. The second kappa shape index (κ2) is 9.46. The molecule has 5 rings (SSSR count). The molecular formula is C25H19BFNO5S. The molecule has 9 heteroatoms. The summed E-state index contributed by atoms with van der Waals surface area (Å²) < 4.78 is 24.1. The van der Waals surface area contributed by atoms with Gasteiger partial charge in [0.2, 0.25) is 0 Å². The van der Waals surface area contributed by atoms with Crippen LogP contribution in [-0.2, 0) is 29.2 Å². The Bertz CT molecular complexity index is 1280. The fourth-order valence-electron chi connectivity index (χ4n) is 3.72. The van der Waals surface area contributed by atoms with Gasteiger partial charge in [0.15, 0.2) is 0 Å². The molecule has 170 valence electrons. The number of halogens is 1. The Morgan fingerprint density at radius 3 is 2.56 bits per heavy atom. The van der Waals surface area contributed by atoms with E-state index < -0.39 is 7.12 Å². The van der Waals surface area contributed by atoms with E-state index in [2.05, 4.69) is 0 Å². The lowest BCUT2D eigenvalue weighted by Gasteiger charge is -2.12. The van der Waals surface area contributed by atoms with Crippen molar-refractivity contribution in [2.24, 2.45) is 0 Å². The Balaban J connectivity index is 1.22. The smallest absolute Gasteiger partial charge is 0.489 e. The zero-order valence-corrected chi connectivity index (χ0v) is 18.8. The number of benzene rings is 3. The summed E-state index contributed by atoms with van der Waals surface area (Å²) in [6, 6.07) is 18.7. The first kappa shape index (κ1) is 22.4. The second-order valence-electron chi connectivity index (χ2n) is 7.95. The van der Waals surface area contributed by atoms with E-state index in [1.54, 1.807) is 24.3 Å². The third kappa shape index (κ3) is 4.77. The van der Waals surface area contributed by atoms with Crippen LogP contribution in [-0.4, -0.2) is 28.2 Å². The molecule has 1 N–H and O–H groups in total. The minimum absolute atomic E-state index is 0.102. The van der Waals surface area contributed by atoms with Gasteiger partial charge >= 0.3 is 7.12 Å². The lowest BCUT2D eigenvalue weighted by atomic mass is 9.79. The Morgan fingerprint density at radius 1 is 1.06 bits per heavy atom. The topological polar surface area (TPSA) is 76.1 Å². The molecule has 0 radical (unpaired) electrons. The van der Waals surface area contributed by atoms with Gasteiger partial charge in [0.05, 0.1) is 18.1 Å². The fourth-order valence-corrected chi connectivity index (χ4v) is 4.56. The molecule has 6 nitrogen and oxygen atoms in total. The predicted molar refractivity (Wildman–Crippen MR) is 128 cm³/mol. The minimum atomic E-state index is -0.916. The number of amides is 2. The van der Waals surface area contributed by atoms with Crippen LogP contribution in [0.2, 0.25) is 0 Å². The highest BCUT2D eigenvalue weighted by Crippen LogP contribution is 2.33. The van der Waals surface area contributed by atoms with Crippen molar-refractivity contribution in [3.05, 3.63) is 99.7 Å². The molecule has 1 saturated heterocycles. The van der Waals surface area contributed by atoms with E-state index in [1.165, 1.54) is 12.1 Å². The van der Waals surface area contributed by atoms with Crippen LogP contribution in [0, 0.1) is 5.82 Å². The molecule has 34 heavy (non-hydrogen) atoms. The normalized spacial score (nSPS) is 16.5. The monoisotopic (exact) mass is 475 g/mol. The van der Waals surface area contributed by atoms with E-state index in [0.717, 1.165) is 38.8 Å². The summed E-state index contributed by atoms with van der Waals surface area (Å²) in [6.45, 7) is 0.832. The summed E-state index contributed by atoms with van der Waals surface area (Å²) in [7, 11) is -0.916. The van der Waals surface area contributed by atoms with Crippen LogP contribution < -0.4 is 10.2 Å². The first-order valence-corrected chi connectivity index (χ1v) is 11.4. The number of ether oxygens (including phenoxy) is 1. The van der Waals surface area contributed by atoms with Crippen LogP contribution >= 0.6 is 11.8 Å². The number of thioether (sulfide) groups is 1. The molecule has 0 aliphatic carbocycles. The summed E-state index contributed by atoms with van der Waals surface area (Å²) in [6.07, 6.45) is 1.68. The molecule has 2 aliphatic rings. The van der Waals surface area contributed by atoms with Gasteiger partial charge in [-0.15, -0.1) is 0 Å². The van der Waals surface area contributed by atoms with Gasteiger partial charge in [-0.2, -0.15) is 0 Å². The summed E-state index contributed by atoms with van der Waals surface area (Å²) in [5.41, 5.74) is 4.07. The number of hydrogen-bond acceptors (Lipinski definition) is 6. The van der Waals surface area contributed by atoms with Crippen molar-refractivity contribution in [1.82, 2.24) is 4.90 Å². The summed E-state index contributed by atoms with van der Waals surface area (Å²) >= 11 is 0.890. The molecule has 0 unspecified atom stereocenters. The van der Waals surface area contributed by atoms with Gasteiger partial charge in [0, 0.05) is 0 Å². The van der Waals surface area contributed by atoms with Crippen molar-refractivity contribution in [2.75, 3.05) is 0 Å². The highest BCUT2D eigenvalue weighted by Gasteiger charge is 2.35. The van der Waals surface area contributed by atoms with E-state index in [1.807, 2.05) is 36.4 Å². The van der Waals surface area contributed by atoms with E-state index in [-0.39, 0.29) is 23.5 Å². The van der Waals surface area contributed by atoms with E-state index >= 15 is 0 Å². The maximum absolute atomic E-state index is 13.1. The van der Waals surface area contributed by atoms with Crippen molar-refractivity contribution in [2.45, 2.75) is 19.8 Å². The Morgan fingerprint density at radius 2 is 1.79 bits per heavy atom. The van der Waals surface area contributed by atoms with Gasteiger partial charge in [0.25, 0.3) is 11.1 Å². The number of carbonyl (C=O) groups excluding carboxylic acids is 2. The lowest BCUT2D eigenvalue weighted by Crippen LogP contribution is -2.27. The second-order valence-corrected chi connectivity index (χ2v) is 8.94. The Labute approximate surface area is 200 Å². The minimum Gasteiger partial charge on any atom is -0.489 e. The largest absolute Gasteiger partial charge is 0.491 e. The summed E-state index contributed by atoms with van der Waals surface area (Å²) in [5, 5.41) is 9.48. The van der Waals surface area contributed by atoms with Crippen LogP contribution in [0.15, 0.2) is 71.6 Å². The Kier molecular flexibility index (Phi) is 6.23. The zero-order chi connectivity index (χ0) is 23.7. The highest BCUT2D eigenvalue weighted by molar-refractivity contribution is 8.18. The van der Waals surface area contributed by atoms with Crippen LogP contribution in [0.1, 0.15) is 22.3 Å². The van der Waals surface area contributed by atoms with Gasteiger partial charge in [-0.25, -0.2) is 4.39 Å². The Hall–Kier alpha value is -3.40. The van der Waals surface area contributed by atoms with Crippen LogP contribution in [0.25, 0.3) is 6.08 Å². The van der Waals surface area contributed by atoms with Gasteiger partial charge in [0.1, 0.15) is 18.2 Å². The number of imide groups is 1. The van der Waals surface area contributed by atoms with E-state index in [4.69, 9.17) is 9.39 Å². The van der Waals surface area contributed by atoms with E-state index in [0.29, 0.717) is 29.4 Å². The quantitative estimate of drug-likeness (QED) is 0.431. The third-order valence-electron chi connectivity index (χ3n) is 5.59. The highest BCUT2D eigenvalue weighted by atomic mass is 32.2. The molecule has 0 spiro atoms. The molecule has 2 aliphatic heterocycles. The van der Waals surface area contributed by atoms with Gasteiger partial charge in [-0.3, -0.25) is 14.5 Å². The first-order chi connectivity index (χ1) is 16.5. The van der Waals surface area contributed by atoms with Crippen molar-refractivity contribution in [3.8, 4) is 5.75 Å². The van der Waals surface area contributed by atoms with Gasteiger partial charge in [-0.05, 0) is 69.8 Å². The van der Waals surface area contributed by atoms with Crippen LogP contribution in [0.3, 0.4) is 0 Å². The molecule has 0 atom stereocenters. The number of carbonyl (C=O) groups is 2. The van der Waals surface area contributed by atoms with E-state index in [9.17, 15) is 19.0 Å². The maximum atomic E-state index is 13.1. The number of hydrogen-bond donors (Lipinski definition) is 1. The van der Waals surface area contributed by atoms with Crippen molar-refractivity contribution >= 4 is 41.6 Å². The molecule has 0 bridgehead atoms. The van der Waals surface area contributed by atoms with Crippen LogP contribution in [0.4, 0.5) is 9.18 Å². The standard InChI is InChI=1S/C25H19BFNO5S/c27-20-8-5-17(6-9-20)13-28-24(29)23(34-25(28)30)11-16-1-3-18(4-2-16)14-32-21-10-7-19-15-33-26(31)22(19)12-21/h1-12,31H,13-15H2. The molecule has 1 fully saturated rings. The molecule has 0 aromatic heterocycles. The molecular weight excluding hydrogens is 456 g/mol. The van der Waals surface area contributed by atoms with Crippen LogP contribution in [0.5, 0.6) is 5.75 Å². The first-order valence-electron chi connectivity index (χ1n) is 10.6. The average molecular weight is 475 g/mol. The average Bonchev–Trinajstić information content (AvgIpc) is 3.34. The van der Waals surface area contributed by atoms with Gasteiger partial charge in [-0.1, -0.05) is 42.5 Å². The maximum Gasteiger partial charge on any atom is 0.491 e. The SMILES string of the molecule is O=C1SC(=Cc2ccc(COc3ccc4c(c3)B(O)OC4)cc2)C(=O)N1Cc1ccc(F)cc1. The number of rotatable bonds is 6. The molecule has 0 saturated carbocycles. The molecule has 2 heterocycles. The number of fused-ring (bicyclic) bond motifs is 1. The van der Waals surface area contributed by atoms with Crippen molar-refractivity contribution in [3.63, 3.8) is 0 Å². The van der Waals surface area contributed by atoms with Crippen molar-refractivity contribution in [1.29, 1.82) is 0 Å². The summed E-state index contributed by atoms with van der Waals surface area (Å²) in [4.78, 5) is 26.6. The van der Waals surface area contributed by atoms with Gasteiger partial charge < -0.3 is 14.4 Å². The lowest BCUT2D eigenvalue weighted by molar-refractivity contribution is -0.123. The van der Waals surface area contributed by atoms with Crippen molar-refractivity contribution < 1.29 is 28.4 Å². The molecule has 2 amide bonds. The third-order valence-corrected chi connectivity index (χ3v) is 6.50. The fraction of sp³-hybridized carbons (Fsp3) is 0.120. The summed E-state index contributed by atoms with van der Waals surface area (Å²) in [5.74, 6) is -0.0935. The zero-order valence-electron chi connectivity index (χ0n) is 17.9. The molecule has 3 aromatic rings. The predicted octanol–water partition coefficient (Wildman–Crippen LogP) is 3.86.